The van der Waals surface area contributed by atoms with Crippen molar-refractivity contribution in [1.29, 1.82) is 0 Å². The molecule has 1 N–H and O–H groups in total. The second-order valence-electron chi connectivity index (χ2n) is 3.45. The molecule has 15 heavy (non-hydrogen) atoms. The van der Waals surface area contributed by atoms with Crippen molar-refractivity contribution in [2.45, 2.75) is 12.3 Å². The lowest BCUT2D eigenvalue weighted by Gasteiger charge is -2.29. The Morgan fingerprint density at radius 1 is 1.20 bits per heavy atom. The molecular formula is C12H15NO2. The van der Waals surface area contributed by atoms with E-state index in [0.717, 1.165) is 0 Å². The van der Waals surface area contributed by atoms with E-state index in [1.807, 2.05) is 24.4 Å². The number of hydrogen-bond acceptors (Lipinski definition) is 3. The molecule has 3 nitrogen and oxygen atoms in total. The maximum Gasteiger partial charge on any atom is 0.181 e. The molecule has 1 aliphatic rings. The molecule has 0 radical (unpaired) electrons. The summed E-state index contributed by atoms with van der Waals surface area (Å²) in [5, 5.41) is 3.25. The molecular weight excluding hydrogens is 190 g/mol. The zero-order valence-electron chi connectivity index (χ0n) is 8.94. The third kappa shape index (κ3) is 1.89. The highest BCUT2D eigenvalue weighted by atomic mass is 16.7. The molecule has 1 aliphatic heterocycles. The monoisotopic (exact) mass is 205 g/mol. The minimum atomic E-state index is -0.268. The summed E-state index contributed by atoms with van der Waals surface area (Å²) in [6, 6.07) is 8.28. The van der Waals surface area contributed by atoms with Crippen molar-refractivity contribution < 1.29 is 9.47 Å². The van der Waals surface area contributed by atoms with Crippen LogP contribution in [0.25, 0.3) is 6.08 Å². The minimum Gasteiger partial charge on any atom is -0.379 e. The Labute approximate surface area is 89.7 Å². The molecule has 0 aliphatic carbocycles. The lowest BCUT2D eigenvalue weighted by Crippen LogP contribution is -2.33. The van der Waals surface area contributed by atoms with Crippen LogP contribution in [-0.2, 0) is 9.47 Å². The van der Waals surface area contributed by atoms with E-state index in [1.165, 1.54) is 11.1 Å². The number of fused-ring (bicyclic) bond motifs is 1. The smallest absolute Gasteiger partial charge is 0.181 e. The lowest BCUT2D eigenvalue weighted by atomic mass is 9.97. The molecule has 1 unspecified atom stereocenters. The molecule has 1 aromatic carbocycles. The van der Waals surface area contributed by atoms with Gasteiger partial charge in [0, 0.05) is 14.2 Å². The van der Waals surface area contributed by atoms with Gasteiger partial charge in [-0.2, -0.15) is 0 Å². The van der Waals surface area contributed by atoms with Crippen LogP contribution in [0.4, 0.5) is 0 Å². The second-order valence-corrected chi connectivity index (χ2v) is 3.45. The maximum atomic E-state index is 5.28. The van der Waals surface area contributed by atoms with Gasteiger partial charge >= 0.3 is 0 Å². The summed E-state index contributed by atoms with van der Waals surface area (Å²) in [5.41, 5.74) is 2.41. The van der Waals surface area contributed by atoms with E-state index in [2.05, 4.69) is 17.4 Å². The van der Waals surface area contributed by atoms with Crippen LogP contribution in [0, 0.1) is 0 Å². The predicted molar refractivity (Wildman–Crippen MR) is 59.2 cm³/mol. The van der Waals surface area contributed by atoms with Gasteiger partial charge in [-0.05, 0) is 23.4 Å². The number of ether oxygens (including phenoxy) is 2. The van der Waals surface area contributed by atoms with Crippen LogP contribution in [0.2, 0.25) is 0 Å². The summed E-state index contributed by atoms with van der Waals surface area (Å²) >= 11 is 0. The van der Waals surface area contributed by atoms with Crippen molar-refractivity contribution in [3.63, 3.8) is 0 Å². The number of nitrogens with one attached hydrogen (secondary N) is 1. The van der Waals surface area contributed by atoms with Crippen molar-refractivity contribution in [3.05, 3.63) is 41.6 Å². The normalized spacial score (nSPS) is 18.7. The number of methoxy groups -OCH3 is 2. The van der Waals surface area contributed by atoms with Crippen LogP contribution in [0.15, 0.2) is 30.5 Å². The first kappa shape index (κ1) is 10.2. The molecule has 0 fully saturated rings. The Morgan fingerprint density at radius 2 is 1.93 bits per heavy atom. The van der Waals surface area contributed by atoms with Crippen molar-refractivity contribution >= 4 is 6.08 Å². The van der Waals surface area contributed by atoms with E-state index in [0.29, 0.717) is 0 Å². The molecule has 0 bridgehead atoms. The summed E-state index contributed by atoms with van der Waals surface area (Å²) in [6.07, 6.45) is 3.71. The highest BCUT2D eigenvalue weighted by Crippen LogP contribution is 2.27. The van der Waals surface area contributed by atoms with Gasteiger partial charge in [0.2, 0.25) is 0 Å². The average molecular weight is 205 g/mol. The first-order valence-electron chi connectivity index (χ1n) is 4.94. The SMILES string of the molecule is COC(OC)C1NC=Cc2ccccc21. The van der Waals surface area contributed by atoms with Gasteiger partial charge in [-0.25, -0.2) is 0 Å². The van der Waals surface area contributed by atoms with E-state index in [1.54, 1.807) is 14.2 Å². The summed E-state index contributed by atoms with van der Waals surface area (Å²) in [6.45, 7) is 0. The molecule has 1 atom stereocenters. The largest absolute Gasteiger partial charge is 0.379 e. The number of benzene rings is 1. The van der Waals surface area contributed by atoms with Crippen LogP contribution < -0.4 is 5.32 Å². The lowest BCUT2D eigenvalue weighted by molar-refractivity contribution is -0.122. The van der Waals surface area contributed by atoms with Gasteiger partial charge in [0.15, 0.2) is 6.29 Å². The fourth-order valence-electron chi connectivity index (χ4n) is 1.87. The van der Waals surface area contributed by atoms with E-state index in [4.69, 9.17) is 9.47 Å². The highest BCUT2D eigenvalue weighted by Gasteiger charge is 2.25. The fraction of sp³-hybridized carbons (Fsp3) is 0.333. The Balaban J connectivity index is 2.33. The molecule has 0 spiro atoms. The zero-order valence-corrected chi connectivity index (χ0v) is 8.94. The van der Waals surface area contributed by atoms with E-state index in [-0.39, 0.29) is 12.3 Å². The van der Waals surface area contributed by atoms with E-state index >= 15 is 0 Å². The summed E-state index contributed by atoms with van der Waals surface area (Å²) in [7, 11) is 3.30. The summed E-state index contributed by atoms with van der Waals surface area (Å²) < 4.78 is 10.6. The van der Waals surface area contributed by atoms with Crippen LogP contribution in [-0.4, -0.2) is 20.5 Å². The Hall–Kier alpha value is -1.32. The van der Waals surface area contributed by atoms with Crippen LogP contribution in [0.5, 0.6) is 0 Å². The number of hydrogen-bond donors (Lipinski definition) is 1. The second kappa shape index (κ2) is 4.47. The fourth-order valence-corrected chi connectivity index (χ4v) is 1.87. The highest BCUT2D eigenvalue weighted by molar-refractivity contribution is 5.57. The zero-order chi connectivity index (χ0) is 10.7. The molecule has 0 saturated heterocycles. The van der Waals surface area contributed by atoms with Crippen molar-refractivity contribution in [2.75, 3.05) is 14.2 Å². The van der Waals surface area contributed by atoms with E-state index < -0.39 is 0 Å². The van der Waals surface area contributed by atoms with Crippen LogP contribution in [0.1, 0.15) is 17.2 Å². The molecule has 80 valence electrons. The average Bonchev–Trinajstić information content (AvgIpc) is 2.31. The van der Waals surface area contributed by atoms with Crippen molar-refractivity contribution in [3.8, 4) is 0 Å². The third-order valence-corrected chi connectivity index (χ3v) is 2.61. The van der Waals surface area contributed by atoms with Crippen molar-refractivity contribution in [1.82, 2.24) is 5.32 Å². The molecule has 3 heteroatoms. The third-order valence-electron chi connectivity index (χ3n) is 2.61. The topological polar surface area (TPSA) is 30.5 Å². The predicted octanol–water partition coefficient (Wildman–Crippen LogP) is 1.92. The Bertz CT molecular complexity index is 358. The number of rotatable bonds is 3. The van der Waals surface area contributed by atoms with Gasteiger partial charge in [0.1, 0.15) is 6.04 Å². The first-order valence-corrected chi connectivity index (χ1v) is 4.94. The van der Waals surface area contributed by atoms with Gasteiger partial charge in [0.05, 0.1) is 0 Å². The molecule has 0 saturated carbocycles. The maximum absolute atomic E-state index is 5.28. The molecule has 0 amide bonds. The van der Waals surface area contributed by atoms with Crippen LogP contribution in [0.3, 0.4) is 0 Å². The van der Waals surface area contributed by atoms with Gasteiger partial charge in [0.25, 0.3) is 0 Å². The first-order chi connectivity index (χ1) is 7.36. The van der Waals surface area contributed by atoms with Crippen molar-refractivity contribution in [2.24, 2.45) is 0 Å². The van der Waals surface area contributed by atoms with Gasteiger partial charge in [-0.15, -0.1) is 0 Å². The molecule has 2 rings (SSSR count). The van der Waals surface area contributed by atoms with Crippen LogP contribution >= 0.6 is 0 Å². The summed E-state index contributed by atoms with van der Waals surface area (Å²) in [5.74, 6) is 0. The Morgan fingerprint density at radius 3 is 2.67 bits per heavy atom. The quantitative estimate of drug-likeness (QED) is 0.765. The molecule has 1 aromatic rings. The Kier molecular flexibility index (Phi) is 3.04. The van der Waals surface area contributed by atoms with Gasteiger partial charge < -0.3 is 14.8 Å². The van der Waals surface area contributed by atoms with Gasteiger partial charge in [-0.3, -0.25) is 0 Å². The molecule has 0 aromatic heterocycles. The van der Waals surface area contributed by atoms with E-state index in [9.17, 15) is 0 Å². The standard InChI is InChI=1S/C12H15NO2/c1-14-12(15-2)11-10-6-4-3-5-9(10)7-8-13-11/h3-8,11-13H,1-2H3. The van der Waals surface area contributed by atoms with Gasteiger partial charge in [-0.1, -0.05) is 24.3 Å². The minimum absolute atomic E-state index is 0.0567. The summed E-state index contributed by atoms with van der Waals surface area (Å²) in [4.78, 5) is 0. The molecule has 1 heterocycles.